The van der Waals surface area contributed by atoms with Crippen LogP contribution in [0.2, 0.25) is 0 Å². The maximum absolute atomic E-state index is 10.7. The fourth-order valence-corrected chi connectivity index (χ4v) is 2.24. The molecule has 0 aliphatic carbocycles. The number of hydrogen-bond acceptors (Lipinski definition) is 6. The van der Waals surface area contributed by atoms with Crippen molar-refractivity contribution in [2.45, 2.75) is 17.4 Å². The fraction of sp³-hybridized carbons (Fsp3) is 0.571. The SMILES string of the molecule is CCOC(CSc1ncns1)C(=O)O. The summed E-state index contributed by atoms with van der Waals surface area (Å²) in [5.74, 6) is -0.581. The van der Waals surface area contributed by atoms with Gasteiger partial charge in [0.25, 0.3) is 0 Å². The van der Waals surface area contributed by atoms with Crippen LogP contribution in [0.25, 0.3) is 0 Å². The third-order valence-corrected chi connectivity index (χ3v) is 3.20. The highest BCUT2D eigenvalue weighted by Gasteiger charge is 2.18. The Labute approximate surface area is 89.7 Å². The average Bonchev–Trinajstić information content (AvgIpc) is 2.64. The lowest BCUT2D eigenvalue weighted by Gasteiger charge is -2.09. The van der Waals surface area contributed by atoms with Crippen LogP contribution in [0.3, 0.4) is 0 Å². The van der Waals surface area contributed by atoms with Crippen LogP contribution in [-0.2, 0) is 9.53 Å². The van der Waals surface area contributed by atoms with Gasteiger partial charge in [-0.15, -0.1) is 0 Å². The molecule has 78 valence electrons. The van der Waals surface area contributed by atoms with E-state index in [1.165, 1.54) is 29.6 Å². The van der Waals surface area contributed by atoms with Crippen LogP contribution >= 0.6 is 23.3 Å². The Kier molecular flexibility index (Phi) is 4.85. The van der Waals surface area contributed by atoms with Crippen molar-refractivity contribution in [3.63, 3.8) is 0 Å². The largest absolute Gasteiger partial charge is 0.479 e. The van der Waals surface area contributed by atoms with Crippen LogP contribution < -0.4 is 0 Å². The van der Waals surface area contributed by atoms with Gasteiger partial charge in [-0.2, -0.15) is 4.37 Å². The standard InChI is InChI=1S/C7H10N2O3S2/c1-2-12-5(6(10)11)3-13-7-8-4-9-14-7/h4-5H,2-3H2,1H3,(H,10,11). The monoisotopic (exact) mass is 234 g/mol. The molecule has 0 radical (unpaired) electrons. The van der Waals surface area contributed by atoms with Crippen LogP contribution in [0.1, 0.15) is 6.92 Å². The molecule has 7 heteroatoms. The molecule has 1 atom stereocenters. The number of nitrogens with zero attached hydrogens (tertiary/aromatic N) is 2. The lowest BCUT2D eigenvalue weighted by atomic mass is 10.4. The van der Waals surface area contributed by atoms with Crippen LogP contribution in [0, 0.1) is 0 Å². The third kappa shape index (κ3) is 3.60. The number of carboxylic acids is 1. The highest BCUT2D eigenvalue weighted by molar-refractivity contribution is 8.01. The number of rotatable bonds is 6. The average molecular weight is 234 g/mol. The summed E-state index contributed by atoms with van der Waals surface area (Å²) in [6, 6.07) is 0. The molecule has 5 nitrogen and oxygen atoms in total. The summed E-state index contributed by atoms with van der Waals surface area (Å²) in [4.78, 5) is 14.6. The van der Waals surface area contributed by atoms with Gasteiger partial charge in [0.05, 0.1) is 0 Å². The number of hydrogen-bond donors (Lipinski definition) is 1. The van der Waals surface area contributed by atoms with Gasteiger partial charge >= 0.3 is 5.97 Å². The van der Waals surface area contributed by atoms with Gasteiger partial charge in [-0.1, -0.05) is 11.8 Å². The van der Waals surface area contributed by atoms with Crippen molar-refractivity contribution >= 4 is 29.3 Å². The zero-order valence-corrected chi connectivity index (χ0v) is 9.18. The van der Waals surface area contributed by atoms with E-state index in [1.54, 1.807) is 6.92 Å². The maximum atomic E-state index is 10.7. The summed E-state index contributed by atoms with van der Waals surface area (Å²) in [6.07, 6.45) is 0.678. The predicted molar refractivity (Wildman–Crippen MR) is 53.7 cm³/mol. The maximum Gasteiger partial charge on any atom is 0.333 e. The van der Waals surface area contributed by atoms with Gasteiger partial charge in [0.2, 0.25) is 0 Å². The Morgan fingerprint density at radius 1 is 1.86 bits per heavy atom. The molecule has 0 aromatic carbocycles. The molecule has 14 heavy (non-hydrogen) atoms. The Morgan fingerprint density at radius 2 is 2.64 bits per heavy atom. The minimum Gasteiger partial charge on any atom is -0.479 e. The van der Waals surface area contributed by atoms with Crippen LogP contribution in [0.5, 0.6) is 0 Å². The second-order valence-electron chi connectivity index (χ2n) is 2.30. The van der Waals surface area contributed by atoms with Crippen LogP contribution in [-0.4, -0.2) is 38.9 Å². The van der Waals surface area contributed by atoms with E-state index in [1.807, 2.05) is 0 Å². The third-order valence-electron chi connectivity index (χ3n) is 1.34. The van der Waals surface area contributed by atoms with E-state index in [9.17, 15) is 4.79 Å². The Balaban J connectivity index is 2.37. The van der Waals surface area contributed by atoms with Crippen molar-refractivity contribution in [1.82, 2.24) is 9.36 Å². The van der Waals surface area contributed by atoms with Crippen LogP contribution in [0.4, 0.5) is 0 Å². The molecule has 0 amide bonds. The van der Waals surface area contributed by atoms with E-state index in [2.05, 4.69) is 9.36 Å². The molecule has 0 aliphatic rings. The second kappa shape index (κ2) is 5.94. The molecule has 1 rings (SSSR count). The lowest BCUT2D eigenvalue weighted by molar-refractivity contribution is -0.148. The van der Waals surface area contributed by atoms with Crippen molar-refractivity contribution < 1.29 is 14.6 Å². The minimum absolute atomic E-state index is 0.359. The number of carboxylic acid groups (broad SMARTS) is 1. The first-order chi connectivity index (χ1) is 6.74. The summed E-state index contributed by atoms with van der Waals surface area (Å²) < 4.78 is 9.61. The first-order valence-electron chi connectivity index (χ1n) is 3.98. The molecule has 0 saturated carbocycles. The zero-order valence-electron chi connectivity index (χ0n) is 7.54. The molecular weight excluding hydrogens is 224 g/mol. The lowest BCUT2D eigenvalue weighted by Crippen LogP contribution is -2.26. The molecule has 1 heterocycles. The first-order valence-corrected chi connectivity index (χ1v) is 5.73. The van der Waals surface area contributed by atoms with Gasteiger partial charge in [0, 0.05) is 12.4 Å². The summed E-state index contributed by atoms with van der Waals surface area (Å²) in [5, 5.41) is 8.76. The van der Waals surface area contributed by atoms with Crippen molar-refractivity contribution in [3.05, 3.63) is 6.33 Å². The normalized spacial score (nSPS) is 12.6. The van der Waals surface area contributed by atoms with E-state index in [0.29, 0.717) is 12.4 Å². The molecule has 1 unspecified atom stereocenters. The molecular formula is C7H10N2O3S2. The molecule has 0 bridgehead atoms. The van der Waals surface area contributed by atoms with Gasteiger partial charge in [-0.05, 0) is 18.5 Å². The second-order valence-corrected chi connectivity index (χ2v) is 4.35. The van der Waals surface area contributed by atoms with Crippen molar-refractivity contribution in [2.75, 3.05) is 12.4 Å². The van der Waals surface area contributed by atoms with Gasteiger partial charge in [0.15, 0.2) is 10.4 Å². The summed E-state index contributed by atoms with van der Waals surface area (Å²) in [5.41, 5.74) is 0. The molecule has 0 fully saturated rings. The smallest absolute Gasteiger partial charge is 0.333 e. The molecule has 0 spiro atoms. The summed E-state index contributed by atoms with van der Waals surface area (Å²) >= 11 is 2.59. The molecule has 1 aromatic heterocycles. The topological polar surface area (TPSA) is 72.3 Å². The first kappa shape index (κ1) is 11.4. The quantitative estimate of drug-likeness (QED) is 0.744. The van der Waals surface area contributed by atoms with E-state index in [4.69, 9.17) is 9.84 Å². The van der Waals surface area contributed by atoms with Gasteiger partial charge in [0.1, 0.15) is 6.33 Å². The van der Waals surface area contributed by atoms with E-state index >= 15 is 0 Å². The zero-order chi connectivity index (χ0) is 10.4. The Hall–Kier alpha value is -0.660. The van der Waals surface area contributed by atoms with Crippen molar-refractivity contribution in [1.29, 1.82) is 0 Å². The number of ether oxygens (including phenoxy) is 1. The number of aromatic nitrogens is 2. The minimum atomic E-state index is -0.941. The summed E-state index contributed by atoms with van der Waals surface area (Å²) in [6.45, 7) is 2.17. The Bertz CT molecular complexity index is 278. The number of aliphatic carboxylic acids is 1. The van der Waals surface area contributed by atoms with E-state index in [0.717, 1.165) is 4.34 Å². The molecule has 1 aromatic rings. The van der Waals surface area contributed by atoms with Gasteiger partial charge in [-0.3, -0.25) is 0 Å². The highest BCUT2D eigenvalue weighted by atomic mass is 32.2. The van der Waals surface area contributed by atoms with E-state index in [-0.39, 0.29) is 0 Å². The van der Waals surface area contributed by atoms with E-state index < -0.39 is 12.1 Å². The number of carbonyl (C=O) groups is 1. The van der Waals surface area contributed by atoms with Crippen molar-refractivity contribution in [2.24, 2.45) is 0 Å². The molecule has 0 aliphatic heterocycles. The van der Waals surface area contributed by atoms with Crippen molar-refractivity contribution in [3.8, 4) is 0 Å². The highest BCUT2D eigenvalue weighted by Crippen LogP contribution is 2.19. The molecule has 1 N–H and O–H groups in total. The predicted octanol–water partition coefficient (Wildman–Crippen LogP) is 1.12. The summed E-state index contributed by atoms with van der Waals surface area (Å²) in [7, 11) is 0. The van der Waals surface area contributed by atoms with Gasteiger partial charge in [-0.25, -0.2) is 9.78 Å². The van der Waals surface area contributed by atoms with Crippen LogP contribution in [0.15, 0.2) is 10.7 Å². The number of thioether (sulfide) groups is 1. The van der Waals surface area contributed by atoms with Gasteiger partial charge < -0.3 is 9.84 Å². The molecule has 0 saturated heterocycles. The fourth-order valence-electron chi connectivity index (χ4n) is 0.765. The Morgan fingerprint density at radius 3 is 3.14 bits per heavy atom.